The summed E-state index contributed by atoms with van der Waals surface area (Å²) in [6.07, 6.45) is 6.59. The van der Waals surface area contributed by atoms with Crippen LogP contribution in [0.1, 0.15) is 36.0 Å². The Morgan fingerprint density at radius 2 is 1.82 bits per heavy atom. The van der Waals surface area contributed by atoms with Crippen molar-refractivity contribution < 1.29 is 4.79 Å². The first-order valence-electron chi connectivity index (χ1n) is 11.8. The van der Waals surface area contributed by atoms with Crippen molar-refractivity contribution in [3.8, 4) is 0 Å². The highest BCUT2D eigenvalue weighted by Gasteiger charge is 2.24. The number of fused-ring (bicyclic) bond motifs is 5. The van der Waals surface area contributed by atoms with Crippen molar-refractivity contribution in [2.75, 3.05) is 44.2 Å². The van der Waals surface area contributed by atoms with E-state index < -0.39 is 0 Å². The Hall–Kier alpha value is -2.97. The Morgan fingerprint density at radius 3 is 2.64 bits per heavy atom. The van der Waals surface area contributed by atoms with Gasteiger partial charge in [-0.1, -0.05) is 12.1 Å². The molecule has 1 amide bonds. The summed E-state index contributed by atoms with van der Waals surface area (Å²) in [6, 6.07) is 9.93. The number of likely N-dealkylation sites (tertiary alicyclic amines) is 1. The Morgan fingerprint density at radius 1 is 1.06 bits per heavy atom. The molecule has 2 aliphatic rings. The van der Waals surface area contributed by atoms with Crippen molar-refractivity contribution in [1.82, 2.24) is 19.6 Å². The van der Waals surface area contributed by atoms with Crippen LogP contribution in [0.25, 0.3) is 26.1 Å². The maximum Gasteiger partial charge on any atom is 0.258 e. The van der Waals surface area contributed by atoms with Gasteiger partial charge in [0.15, 0.2) is 0 Å². The number of thiazole rings is 1. The lowest BCUT2D eigenvalue weighted by molar-refractivity contribution is 0.0950. The summed E-state index contributed by atoms with van der Waals surface area (Å²) in [6.45, 7) is 5.47. The number of hydrogen-bond donors (Lipinski definition) is 1. The molecule has 0 unspecified atom stereocenters. The van der Waals surface area contributed by atoms with Gasteiger partial charge < -0.3 is 15.1 Å². The van der Waals surface area contributed by atoms with Gasteiger partial charge in [-0.15, -0.1) is 11.3 Å². The summed E-state index contributed by atoms with van der Waals surface area (Å²) in [7, 11) is 0. The molecule has 7 nitrogen and oxygen atoms in total. The average molecular weight is 462 g/mol. The normalized spacial score (nSPS) is 17.0. The number of nitrogens with one attached hydrogen (secondary N) is 1. The molecule has 33 heavy (non-hydrogen) atoms. The van der Waals surface area contributed by atoms with Gasteiger partial charge in [0.25, 0.3) is 5.91 Å². The van der Waals surface area contributed by atoms with Crippen LogP contribution in [0.4, 0.5) is 5.69 Å². The number of carbonyl (C=O) groups is 1. The molecule has 0 aliphatic carbocycles. The first-order chi connectivity index (χ1) is 16.2. The van der Waals surface area contributed by atoms with Gasteiger partial charge in [0.1, 0.15) is 16.0 Å². The van der Waals surface area contributed by atoms with Crippen molar-refractivity contribution in [1.29, 1.82) is 0 Å². The van der Waals surface area contributed by atoms with E-state index in [9.17, 15) is 9.59 Å². The van der Waals surface area contributed by atoms with E-state index in [1.165, 1.54) is 24.2 Å². The van der Waals surface area contributed by atoms with Crippen molar-refractivity contribution >= 4 is 49.0 Å². The number of anilines is 1. The largest absolute Gasteiger partial charge is 0.370 e. The fraction of sp³-hybridized carbons (Fsp3) is 0.400. The standard InChI is InChI=1S/C25H27N5O2S/c31-22-18-15-17(29-12-5-6-13-29)16-27-23(18)30-19-7-1-2-8-20(19)33-25(30)21(22)24(32)26-9-14-28-10-3-4-11-28/h1-2,7-8,15-16H,3-6,9-14H2,(H,26,32). The predicted molar refractivity (Wildman–Crippen MR) is 134 cm³/mol. The van der Waals surface area contributed by atoms with Gasteiger partial charge in [0, 0.05) is 26.2 Å². The average Bonchev–Trinajstić information content (AvgIpc) is 3.60. The molecule has 8 heteroatoms. The fourth-order valence-corrected chi connectivity index (χ4v) is 6.34. The summed E-state index contributed by atoms with van der Waals surface area (Å²) in [5.74, 6) is -0.295. The first kappa shape index (κ1) is 20.6. The molecule has 1 aromatic carbocycles. The van der Waals surface area contributed by atoms with E-state index >= 15 is 0 Å². The Bertz CT molecular complexity index is 1410. The van der Waals surface area contributed by atoms with Crippen LogP contribution in [-0.4, -0.2) is 59.5 Å². The van der Waals surface area contributed by atoms with Gasteiger partial charge in [0.2, 0.25) is 5.43 Å². The van der Waals surface area contributed by atoms with Gasteiger partial charge in [-0.25, -0.2) is 4.98 Å². The number of para-hydroxylation sites is 1. The Kier molecular flexibility index (Phi) is 5.27. The third-order valence-corrected chi connectivity index (χ3v) is 8.02. The third kappa shape index (κ3) is 3.57. The summed E-state index contributed by atoms with van der Waals surface area (Å²) < 4.78 is 3.01. The molecule has 6 rings (SSSR count). The lowest BCUT2D eigenvalue weighted by Crippen LogP contribution is -2.35. The van der Waals surface area contributed by atoms with Gasteiger partial charge in [-0.2, -0.15) is 0 Å². The van der Waals surface area contributed by atoms with E-state index in [1.54, 1.807) is 0 Å². The maximum absolute atomic E-state index is 13.7. The summed E-state index contributed by atoms with van der Waals surface area (Å²) in [4.78, 5) is 37.1. The van der Waals surface area contributed by atoms with Crippen LogP contribution in [0.3, 0.4) is 0 Å². The number of rotatable bonds is 5. The second-order valence-electron chi connectivity index (χ2n) is 8.98. The molecule has 2 aliphatic heterocycles. The van der Waals surface area contributed by atoms with Gasteiger partial charge >= 0.3 is 0 Å². The Labute approximate surface area is 195 Å². The van der Waals surface area contributed by atoms with Crippen LogP contribution in [0.15, 0.2) is 41.3 Å². The molecular weight excluding hydrogens is 434 g/mol. The van der Waals surface area contributed by atoms with Crippen molar-refractivity contribution in [3.05, 3.63) is 52.3 Å². The molecule has 0 saturated carbocycles. The monoisotopic (exact) mass is 461 g/mol. The van der Waals surface area contributed by atoms with Gasteiger partial charge in [0.05, 0.1) is 27.5 Å². The molecule has 5 heterocycles. The summed E-state index contributed by atoms with van der Waals surface area (Å²) in [5.41, 5.74) is 2.53. The minimum atomic E-state index is -0.295. The van der Waals surface area contributed by atoms with E-state index in [4.69, 9.17) is 4.98 Å². The predicted octanol–water partition coefficient (Wildman–Crippen LogP) is 3.49. The zero-order valence-corrected chi connectivity index (χ0v) is 19.4. The molecule has 1 N–H and O–H groups in total. The van der Waals surface area contributed by atoms with E-state index in [0.717, 1.165) is 61.5 Å². The second-order valence-corrected chi connectivity index (χ2v) is 10.0. The number of aromatic nitrogens is 2. The molecular formula is C25H27N5O2S. The number of nitrogens with zero attached hydrogens (tertiary/aromatic N) is 4. The highest BCUT2D eigenvalue weighted by Crippen LogP contribution is 2.31. The number of pyridine rings is 2. The van der Waals surface area contributed by atoms with Crippen LogP contribution < -0.4 is 15.6 Å². The molecule has 3 aromatic heterocycles. The van der Waals surface area contributed by atoms with Gasteiger partial charge in [-0.3, -0.25) is 14.0 Å². The minimum Gasteiger partial charge on any atom is -0.370 e. The van der Waals surface area contributed by atoms with Crippen molar-refractivity contribution in [3.63, 3.8) is 0 Å². The van der Waals surface area contributed by atoms with Crippen LogP contribution >= 0.6 is 11.3 Å². The molecule has 170 valence electrons. The molecule has 2 fully saturated rings. The number of hydrogen-bond acceptors (Lipinski definition) is 6. The smallest absolute Gasteiger partial charge is 0.258 e. The first-order valence-corrected chi connectivity index (χ1v) is 12.6. The number of amides is 1. The van der Waals surface area contributed by atoms with Crippen molar-refractivity contribution in [2.24, 2.45) is 0 Å². The van der Waals surface area contributed by atoms with E-state index in [2.05, 4.69) is 15.1 Å². The molecule has 0 radical (unpaired) electrons. The summed E-state index contributed by atoms with van der Waals surface area (Å²) >= 11 is 1.48. The van der Waals surface area contributed by atoms with E-state index in [-0.39, 0.29) is 16.9 Å². The lowest BCUT2D eigenvalue weighted by atomic mass is 10.1. The quantitative estimate of drug-likeness (QED) is 0.493. The van der Waals surface area contributed by atoms with E-state index in [0.29, 0.717) is 22.4 Å². The topological polar surface area (TPSA) is 70.0 Å². The molecule has 4 aromatic rings. The highest BCUT2D eigenvalue weighted by atomic mass is 32.1. The minimum absolute atomic E-state index is 0.227. The molecule has 0 spiro atoms. The van der Waals surface area contributed by atoms with Gasteiger partial charge in [-0.05, 0) is 57.0 Å². The highest BCUT2D eigenvalue weighted by molar-refractivity contribution is 7.24. The zero-order chi connectivity index (χ0) is 22.4. The molecule has 0 atom stereocenters. The Balaban J connectivity index is 1.49. The SMILES string of the molecule is O=C(NCCN1CCCC1)c1c(=O)c2cc(N3CCCC3)cnc2n2c1sc1ccccc12. The zero-order valence-electron chi connectivity index (χ0n) is 18.5. The molecule has 2 saturated heterocycles. The van der Waals surface area contributed by atoms with Crippen LogP contribution in [-0.2, 0) is 0 Å². The maximum atomic E-state index is 13.7. The van der Waals surface area contributed by atoms with E-state index in [1.807, 2.05) is 40.9 Å². The van der Waals surface area contributed by atoms with Crippen LogP contribution in [0.2, 0.25) is 0 Å². The van der Waals surface area contributed by atoms with Crippen LogP contribution in [0.5, 0.6) is 0 Å². The second kappa shape index (κ2) is 8.43. The van der Waals surface area contributed by atoms with Crippen LogP contribution in [0, 0.1) is 0 Å². The number of carbonyl (C=O) groups excluding carboxylic acids is 1. The summed E-state index contributed by atoms with van der Waals surface area (Å²) in [5, 5.41) is 3.52. The number of benzene rings is 1. The fourth-order valence-electron chi connectivity index (χ4n) is 5.15. The third-order valence-electron chi connectivity index (χ3n) is 6.88. The lowest BCUT2D eigenvalue weighted by Gasteiger charge is -2.18. The van der Waals surface area contributed by atoms with Crippen molar-refractivity contribution in [2.45, 2.75) is 25.7 Å². The molecule has 0 bridgehead atoms.